The lowest BCUT2D eigenvalue weighted by molar-refractivity contribution is -0.215. The molecule has 0 aliphatic carbocycles. The summed E-state index contributed by atoms with van der Waals surface area (Å²) in [6.07, 6.45) is -5.05. The van der Waals surface area contributed by atoms with Gasteiger partial charge in [0.1, 0.15) is 0 Å². The lowest BCUT2D eigenvalue weighted by Gasteiger charge is -2.30. The third kappa shape index (κ3) is 5.18. The SMILES string of the molecule is NS(=O)(=O)Cc1ccc(NC(=O)C2(C(F)(F)F)CCN(Cc3ccccc3)C2)cc1. The molecule has 0 radical (unpaired) electrons. The van der Waals surface area contributed by atoms with Crippen molar-refractivity contribution in [3.05, 3.63) is 65.7 Å². The third-order valence-corrected chi connectivity index (χ3v) is 5.89. The van der Waals surface area contributed by atoms with Gasteiger partial charge in [0.25, 0.3) is 0 Å². The van der Waals surface area contributed by atoms with Crippen LogP contribution in [0, 0.1) is 5.41 Å². The van der Waals surface area contributed by atoms with Crippen molar-refractivity contribution in [2.45, 2.75) is 24.9 Å². The van der Waals surface area contributed by atoms with Crippen molar-refractivity contribution >= 4 is 21.6 Å². The fraction of sp³-hybridized carbons (Fsp3) is 0.350. The van der Waals surface area contributed by atoms with Gasteiger partial charge >= 0.3 is 6.18 Å². The van der Waals surface area contributed by atoms with Gasteiger partial charge in [-0.3, -0.25) is 9.69 Å². The molecular weight excluding hydrogens is 419 g/mol. The summed E-state index contributed by atoms with van der Waals surface area (Å²) in [5.74, 6) is -1.52. The number of hydrogen-bond acceptors (Lipinski definition) is 4. The lowest BCUT2D eigenvalue weighted by atomic mass is 9.85. The van der Waals surface area contributed by atoms with Crippen LogP contribution in [0.5, 0.6) is 0 Å². The highest BCUT2D eigenvalue weighted by molar-refractivity contribution is 7.88. The molecule has 1 heterocycles. The number of carbonyl (C=O) groups is 1. The molecule has 6 nitrogen and oxygen atoms in total. The van der Waals surface area contributed by atoms with Crippen molar-refractivity contribution in [1.29, 1.82) is 0 Å². The molecule has 0 aromatic heterocycles. The summed E-state index contributed by atoms with van der Waals surface area (Å²) < 4.78 is 64.1. The van der Waals surface area contributed by atoms with Gasteiger partial charge in [-0.15, -0.1) is 0 Å². The van der Waals surface area contributed by atoms with E-state index in [1.807, 2.05) is 30.3 Å². The molecule has 1 amide bonds. The molecule has 1 unspecified atom stereocenters. The van der Waals surface area contributed by atoms with Crippen molar-refractivity contribution in [1.82, 2.24) is 4.90 Å². The monoisotopic (exact) mass is 441 g/mol. The Balaban J connectivity index is 1.73. The van der Waals surface area contributed by atoms with E-state index < -0.39 is 39.8 Å². The number of hydrogen-bond donors (Lipinski definition) is 2. The van der Waals surface area contributed by atoms with Gasteiger partial charge in [0.05, 0.1) is 5.75 Å². The van der Waals surface area contributed by atoms with Crippen molar-refractivity contribution in [3.8, 4) is 0 Å². The predicted molar refractivity (Wildman–Crippen MR) is 107 cm³/mol. The van der Waals surface area contributed by atoms with Gasteiger partial charge in [-0.2, -0.15) is 13.2 Å². The van der Waals surface area contributed by atoms with E-state index in [0.29, 0.717) is 12.1 Å². The highest BCUT2D eigenvalue weighted by atomic mass is 32.2. The topological polar surface area (TPSA) is 92.5 Å². The van der Waals surface area contributed by atoms with Gasteiger partial charge in [-0.25, -0.2) is 13.6 Å². The Morgan fingerprint density at radius 1 is 1.07 bits per heavy atom. The Hall–Kier alpha value is -2.43. The van der Waals surface area contributed by atoms with E-state index in [4.69, 9.17) is 5.14 Å². The molecular formula is C20H22F3N3O3S. The number of nitrogens with one attached hydrogen (secondary N) is 1. The molecule has 30 heavy (non-hydrogen) atoms. The second kappa shape index (κ2) is 8.37. The number of halogens is 3. The minimum Gasteiger partial charge on any atom is -0.325 e. The smallest absolute Gasteiger partial charge is 0.325 e. The maximum Gasteiger partial charge on any atom is 0.404 e. The molecule has 1 fully saturated rings. The van der Waals surface area contributed by atoms with E-state index in [-0.39, 0.29) is 18.7 Å². The van der Waals surface area contributed by atoms with Crippen LogP contribution in [0.3, 0.4) is 0 Å². The molecule has 1 aliphatic rings. The number of nitrogens with zero attached hydrogens (tertiary/aromatic N) is 1. The van der Waals surface area contributed by atoms with Crippen molar-refractivity contribution in [3.63, 3.8) is 0 Å². The van der Waals surface area contributed by atoms with Crippen LogP contribution >= 0.6 is 0 Å². The minimum absolute atomic E-state index is 0.148. The fourth-order valence-electron chi connectivity index (χ4n) is 3.58. The zero-order valence-corrected chi connectivity index (χ0v) is 16.8. The summed E-state index contributed by atoms with van der Waals surface area (Å²) in [6.45, 7) is 0.0457. The number of amides is 1. The van der Waals surface area contributed by atoms with Gasteiger partial charge in [0, 0.05) is 18.8 Å². The number of likely N-dealkylation sites (tertiary alicyclic amines) is 1. The maximum absolute atomic E-state index is 14.0. The van der Waals surface area contributed by atoms with E-state index in [1.54, 1.807) is 4.90 Å². The summed E-state index contributed by atoms with van der Waals surface area (Å²) in [7, 11) is -3.73. The summed E-state index contributed by atoms with van der Waals surface area (Å²) in [4.78, 5) is 14.3. The Kier molecular flexibility index (Phi) is 6.21. The Bertz CT molecular complexity index is 995. The van der Waals surface area contributed by atoms with Crippen LogP contribution in [0.25, 0.3) is 0 Å². The zero-order valence-electron chi connectivity index (χ0n) is 16.0. The number of nitrogens with two attached hydrogens (primary N) is 1. The molecule has 3 N–H and O–H groups in total. The molecule has 0 bridgehead atoms. The van der Waals surface area contributed by atoms with E-state index in [2.05, 4.69) is 5.32 Å². The summed E-state index contributed by atoms with van der Waals surface area (Å²) in [6, 6.07) is 14.6. The first-order valence-electron chi connectivity index (χ1n) is 9.22. The first-order chi connectivity index (χ1) is 14.0. The highest BCUT2D eigenvalue weighted by Crippen LogP contribution is 2.46. The standard InChI is InChI=1S/C20H22F3N3O3S/c21-20(22,23)19(10-11-26(14-19)12-15-4-2-1-3-5-15)18(27)25-17-8-6-16(7-9-17)13-30(24,28)29/h1-9H,10-14H2,(H,25,27)(H2,24,28,29). The fourth-order valence-corrected chi connectivity index (χ4v) is 4.24. The number of benzene rings is 2. The van der Waals surface area contributed by atoms with E-state index in [9.17, 15) is 26.4 Å². The van der Waals surface area contributed by atoms with Crippen LogP contribution in [0.1, 0.15) is 17.5 Å². The zero-order chi connectivity index (χ0) is 22.0. The number of rotatable bonds is 6. The Morgan fingerprint density at radius 3 is 2.27 bits per heavy atom. The minimum atomic E-state index is -4.71. The molecule has 1 saturated heterocycles. The Labute approximate surface area is 172 Å². The largest absolute Gasteiger partial charge is 0.404 e. The van der Waals surface area contributed by atoms with Gasteiger partial charge < -0.3 is 5.32 Å². The van der Waals surface area contributed by atoms with Crippen LogP contribution in [0.2, 0.25) is 0 Å². The molecule has 10 heteroatoms. The number of primary sulfonamides is 1. The van der Waals surface area contributed by atoms with Crippen molar-refractivity contribution < 1.29 is 26.4 Å². The second-order valence-corrected chi connectivity index (χ2v) is 9.10. The normalized spacial score (nSPS) is 20.3. The first-order valence-corrected chi connectivity index (χ1v) is 10.9. The molecule has 1 atom stereocenters. The van der Waals surface area contributed by atoms with Gasteiger partial charge in [-0.05, 0) is 36.2 Å². The van der Waals surface area contributed by atoms with Crippen LogP contribution in [0.15, 0.2) is 54.6 Å². The van der Waals surface area contributed by atoms with Crippen LogP contribution < -0.4 is 10.5 Å². The molecule has 2 aromatic rings. The number of anilines is 1. The average molecular weight is 441 g/mol. The van der Waals surface area contributed by atoms with Crippen molar-refractivity contribution in [2.24, 2.45) is 10.6 Å². The maximum atomic E-state index is 14.0. The summed E-state index contributed by atoms with van der Waals surface area (Å²) in [5.41, 5.74) is -1.11. The van der Waals surface area contributed by atoms with Crippen molar-refractivity contribution in [2.75, 3.05) is 18.4 Å². The van der Waals surface area contributed by atoms with E-state index in [0.717, 1.165) is 5.56 Å². The molecule has 162 valence electrons. The molecule has 1 aliphatic heterocycles. The molecule has 3 rings (SSSR count). The number of alkyl halides is 3. The third-order valence-electron chi connectivity index (χ3n) is 5.15. The van der Waals surface area contributed by atoms with E-state index >= 15 is 0 Å². The summed E-state index contributed by atoms with van der Waals surface area (Å²) >= 11 is 0. The predicted octanol–water partition coefficient (Wildman–Crippen LogP) is 2.87. The molecule has 0 spiro atoms. The first kappa shape index (κ1) is 22.3. The number of sulfonamides is 1. The molecule has 0 saturated carbocycles. The average Bonchev–Trinajstić information content (AvgIpc) is 3.08. The summed E-state index contributed by atoms with van der Waals surface area (Å²) in [5, 5.41) is 7.31. The number of carbonyl (C=O) groups excluding carboxylic acids is 1. The van der Waals surface area contributed by atoms with E-state index in [1.165, 1.54) is 24.3 Å². The van der Waals surface area contributed by atoms with Crippen LogP contribution in [0.4, 0.5) is 18.9 Å². The quantitative estimate of drug-likeness (QED) is 0.721. The van der Waals surface area contributed by atoms with Gasteiger partial charge in [-0.1, -0.05) is 42.5 Å². The Morgan fingerprint density at radius 2 is 1.70 bits per heavy atom. The van der Waals surface area contributed by atoms with Crippen LogP contribution in [-0.2, 0) is 27.1 Å². The second-order valence-electron chi connectivity index (χ2n) is 7.48. The molecule has 2 aromatic carbocycles. The van der Waals surface area contributed by atoms with Gasteiger partial charge in [0.15, 0.2) is 5.41 Å². The van der Waals surface area contributed by atoms with Crippen LogP contribution in [-0.4, -0.2) is 38.5 Å². The lowest BCUT2D eigenvalue weighted by Crippen LogP contribution is -2.49. The highest BCUT2D eigenvalue weighted by Gasteiger charge is 2.62. The van der Waals surface area contributed by atoms with Gasteiger partial charge in [0.2, 0.25) is 15.9 Å².